The van der Waals surface area contributed by atoms with E-state index in [1.807, 2.05) is 0 Å². The summed E-state index contributed by atoms with van der Waals surface area (Å²) in [7, 11) is 0. The Morgan fingerprint density at radius 1 is 1.20 bits per heavy atom. The Hall–Kier alpha value is -1.06. The molecule has 112 valence electrons. The first-order chi connectivity index (χ1) is 9.72. The number of nitrogens with two attached hydrogens (primary N) is 1. The Kier molecular flexibility index (Phi) is 5.86. The van der Waals surface area contributed by atoms with Gasteiger partial charge < -0.3 is 10.6 Å². The van der Waals surface area contributed by atoms with Gasteiger partial charge >= 0.3 is 0 Å². The molecule has 1 aliphatic heterocycles. The summed E-state index contributed by atoms with van der Waals surface area (Å²) in [5, 5.41) is 0. The number of hydrogen-bond donors (Lipinski definition) is 1. The minimum absolute atomic E-state index is 0.672. The van der Waals surface area contributed by atoms with E-state index in [1.54, 1.807) is 0 Å². The van der Waals surface area contributed by atoms with Crippen molar-refractivity contribution in [3.8, 4) is 0 Å². The highest BCUT2D eigenvalue weighted by molar-refractivity contribution is 5.48. The molecular formula is C17H29N3. The van der Waals surface area contributed by atoms with E-state index in [0.29, 0.717) is 5.92 Å². The van der Waals surface area contributed by atoms with E-state index in [4.69, 9.17) is 5.73 Å². The van der Waals surface area contributed by atoms with Crippen molar-refractivity contribution in [3.63, 3.8) is 0 Å². The summed E-state index contributed by atoms with van der Waals surface area (Å²) in [6.45, 7) is 11.0. The van der Waals surface area contributed by atoms with Crippen LogP contribution in [0.5, 0.6) is 0 Å². The van der Waals surface area contributed by atoms with Crippen molar-refractivity contribution in [3.05, 3.63) is 29.8 Å². The van der Waals surface area contributed by atoms with Crippen LogP contribution in [0.4, 0.5) is 5.69 Å². The molecule has 1 fully saturated rings. The first-order valence-electron chi connectivity index (χ1n) is 7.97. The number of anilines is 1. The van der Waals surface area contributed by atoms with Gasteiger partial charge in [-0.15, -0.1) is 0 Å². The smallest absolute Gasteiger partial charge is 0.0369 e. The van der Waals surface area contributed by atoms with Gasteiger partial charge in [0.15, 0.2) is 0 Å². The number of rotatable bonds is 6. The van der Waals surface area contributed by atoms with E-state index in [2.05, 4.69) is 47.9 Å². The summed E-state index contributed by atoms with van der Waals surface area (Å²) in [4.78, 5) is 5.08. The lowest BCUT2D eigenvalue weighted by Crippen LogP contribution is -2.48. The van der Waals surface area contributed by atoms with Gasteiger partial charge in [0.2, 0.25) is 0 Å². The van der Waals surface area contributed by atoms with Crippen LogP contribution in [0.1, 0.15) is 25.3 Å². The molecule has 1 unspecified atom stereocenters. The van der Waals surface area contributed by atoms with Crippen LogP contribution in [0.2, 0.25) is 0 Å². The summed E-state index contributed by atoms with van der Waals surface area (Å²) < 4.78 is 0. The standard InChI is InChI=1S/C17H29N3/c1-3-5-16(13-18)14-19-8-10-20(11-9-19)17-7-4-6-15(2)12-17/h4,6-7,12,16H,3,5,8-11,13-14,18H2,1-2H3. The molecule has 3 nitrogen and oxygen atoms in total. The summed E-state index contributed by atoms with van der Waals surface area (Å²) >= 11 is 0. The highest BCUT2D eigenvalue weighted by atomic mass is 15.3. The Labute approximate surface area is 123 Å². The molecule has 0 bridgehead atoms. The van der Waals surface area contributed by atoms with Crippen LogP contribution in [0.3, 0.4) is 0 Å². The van der Waals surface area contributed by atoms with Crippen molar-refractivity contribution in [1.29, 1.82) is 0 Å². The zero-order valence-electron chi connectivity index (χ0n) is 13.0. The minimum Gasteiger partial charge on any atom is -0.369 e. The van der Waals surface area contributed by atoms with E-state index in [9.17, 15) is 0 Å². The lowest BCUT2D eigenvalue weighted by atomic mass is 10.0. The quantitative estimate of drug-likeness (QED) is 0.866. The molecule has 0 aliphatic carbocycles. The normalized spacial score (nSPS) is 18.2. The van der Waals surface area contributed by atoms with Crippen molar-refractivity contribution in [2.45, 2.75) is 26.7 Å². The molecular weight excluding hydrogens is 246 g/mol. The molecule has 0 radical (unpaired) electrons. The zero-order chi connectivity index (χ0) is 14.4. The number of hydrogen-bond acceptors (Lipinski definition) is 3. The van der Waals surface area contributed by atoms with Crippen LogP contribution in [-0.2, 0) is 0 Å². The lowest BCUT2D eigenvalue weighted by Gasteiger charge is -2.37. The van der Waals surface area contributed by atoms with Gasteiger partial charge in [-0.05, 0) is 43.5 Å². The van der Waals surface area contributed by atoms with E-state index in [-0.39, 0.29) is 0 Å². The van der Waals surface area contributed by atoms with Gasteiger partial charge in [-0.1, -0.05) is 25.5 Å². The molecule has 0 saturated carbocycles. The van der Waals surface area contributed by atoms with Gasteiger partial charge in [-0.25, -0.2) is 0 Å². The Morgan fingerprint density at radius 3 is 2.55 bits per heavy atom. The molecule has 0 aromatic heterocycles. The molecule has 1 saturated heterocycles. The minimum atomic E-state index is 0.672. The molecule has 0 spiro atoms. The Balaban J connectivity index is 1.83. The maximum Gasteiger partial charge on any atom is 0.0369 e. The highest BCUT2D eigenvalue weighted by Gasteiger charge is 2.19. The second-order valence-corrected chi connectivity index (χ2v) is 6.02. The van der Waals surface area contributed by atoms with Crippen LogP contribution < -0.4 is 10.6 Å². The third-order valence-corrected chi connectivity index (χ3v) is 4.29. The number of benzene rings is 1. The first kappa shape index (κ1) is 15.3. The van der Waals surface area contributed by atoms with Crippen molar-refractivity contribution in [2.24, 2.45) is 11.7 Å². The first-order valence-corrected chi connectivity index (χ1v) is 7.97. The monoisotopic (exact) mass is 275 g/mol. The average Bonchev–Trinajstić information content (AvgIpc) is 2.47. The molecule has 1 atom stereocenters. The predicted molar refractivity (Wildman–Crippen MR) is 87.3 cm³/mol. The van der Waals surface area contributed by atoms with Crippen LogP contribution >= 0.6 is 0 Å². The second-order valence-electron chi connectivity index (χ2n) is 6.02. The molecule has 3 heteroatoms. The maximum atomic E-state index is 5.87. The fourth-order valence-electron chi connectivity index (χ4n) is 3.07. The summed E-state index contributed by atoms with van der Waals surface area (Å²) in [6.07, 6.45) is 2.50. The molecule has 2 N–H and O–H groups in total. The van der Waals surface area contributed by atoms with E-state index < -0.39 is 0 Å². The van der Waals surface area contributed by atoms with Crippen molar-refractivity contribution in [2.75, 3.05) is 44.2 Å². The lowest BCUT2D eigenvalue weighted by molar-refractivity contribution is 0.215. The fourth-order valence-corrected chi connectivity index (χ4v) is 3.07. The Bertz CT molecular complexity index is 397. The summed E-state index contributed by atoms with van der Waals surface area (Å²) in [5.74, 6) is 0.672. The summed E-state index contributed by atoms with van der Waals surface area (Å²) in [6, 6.07) is 8.83. The van der Waals surface area contributed by atoms with Gasteiger partial charge in [0, 0.05) is 38.4 Å². The third-order valence-electron chi connectivity index (χ3n) is 4.29. The molecule has 0 amide bonds. The SMILES string of the molecule is CCCC(CN)CN1CCN(c2cccc(C)c2)CC1. The number of aryl methyl sites for hydroxylation is 1. The predicted octanol–water partition coefficient (Wildman–Crippen LogP) is 2.49. The van der Waals surface area contributed by atoms with Crippen LogP contribution in [0.25, 0.3) is 0 Å². The third kappa shape index (κ3) is 4.22. The van der Waals surface area contributed by atoms with Crippen molar-refractivity contribution >= 4 is 5.69 Å². The van der Waals surface area contributed by atoms with E-state index >= 15 is 0 Å². The second kappa shape index (κ2) is 7.65. The van der Waals surface area contributed by atoms with Gasteiger partial charge in [0.25, 0.3) is 0 Å². The number of nitrogens with zero attached hydrogens (tertiary/aromatic N) is 2. The molecule has 2 rings (SSSR count). The van der Waals surface area contributed by atoms with Crippen molar-refractivity contribution in [1.82, 2.24) is 4.90 Å². The molecule has 1 aliphatic rings. The topological polar surface area (TPSA) is 32.5 Å². The van der Waals surface area contributed by atoms with Gasteiger partial charge in [0.05, 0.1) is 0 Å². The molecule has 1 aromatic rings. The Morgan fingerprint density at radius 2 is 1.95 bits per heavy atom. The van der Waals surface area contributed by atoms with Crippen LogP contribution in [0, 0.1) is 12.8 Å². The molecule has 20 heavy (non-hydrogen) atoms. The van der Waals surface area contributed by atoms with Crippen LogP contribution in [-0.4, -0.2) is 44.2 Å². The van der Waals surface area contributed by atoms with Gasteiger partial charge in [0.1, 0.15) is 0 Å². The van der Waals surface area contributed by atoms with E-state index in [0.717, 1.165) is 32.7 Å². The van der Waals surface area contributed by atoms with Gasteiger partial charge in [-0.2, -0.15) is 0 Å². The van der Waals surface area contributed by atoms with E-state index in [1.165, 1.54) is 30.6 Å². The van der Waals surface area contributed by atoms with Crippen LogP contribution in [0.15, 0.2) is 24.3 Å². The summed E-state index contributed by atoms with van der Waals surface area (Å²) in [5.41, 5.74) is 8.59. The molecule has 1 aromatic carbocycles. The zero-order valence-corrected chi connectivity index (χ0v) is 13.0. The highest BCUT2D eigenvalue weighted by Crippen LogP contribution is 2.18. The average molecular weight is 275 g/mol. The largest absolute Gasteiger partial charge is 0.369 e. The number of piperazine rings is 1. The van der Waals surface area contributed by atoms with Gasteiger partial charge in [-0.3, -0.25) is 4.90 Å². The fraction of sp³-hybridized carbons (Fsp3) is 0.647. The molecule has 1 heterocycles. The van der Waals surface area contributed by atoms with Crippen molar-refractivity contribution < 1.29 is 0 Å². The maximum absolute atomic E-state index is 5.87.